The predicted octanol–water partition coefficient (Wildman–Crippen LogP) is 3.90. The van der Waals surface area contributed by atoms with Crippen LogP contribution in [0.1, 0.15) is 24.0 Å². The number of halogens is 1. The molecule has 3 aliphatic rings. The minimum atomic E-state index is -0.552. The summed E-state index contributed by atoms with van der Waals surface area (Å²) in [5.41, 5.74) is 5.46. The Bertz CT molecular complexity index is 2330. The van der Waals surface area contributed by atoms with E-state index < -0.39 is 6.04 Å². The minimum Gasteiger partial charge on any atom is -0.374 e. The first kappa shape index (κ1) is 35.6. The number of carbonyl (C=O) groups excluding carboxylic acids is 2. The van der Waals surface area contributed by atoms with Gasteiger partial charge < -0.3 is 15.1 Å². The van der Waals surface area contributed by atoms with Crippen molar-refractivity contribution < 1.29 is 14.0 Å². The third kappa shape index (κ3) is 8.07. The first-order valence-electron chi connectivity index (χ1n) is 18.4. The SMILES string of the molecule is N#Cc1cccc(-c2ccc(=O)n(Cc3cccc(-c4ncc(N5CCN(CC6CN(c7ccc(NC8CCC(=O)NC8=O)cc7F)C6)CC5)cn4)c3)n2)c1. The predicted molar refractivity (Wildman–Crippen MR) is 206 cm³/mol. The van der Waals surface area contributed by atoms with Gasteiger partial charge in [-0.2, -0.15) is 10.4 Å². The van der Waals surface area contributed by atoms with Crippen LogP contribution in [0.15, 0.2) is 96.1 Å². The van der Waals surface area contributed by atoms with Crippen LogP contribution >= 0.6 is 0 Å². The van der Waals surface area contributed by atoms with E-state index in [1.54, 1.807) is 36.4 Å². The Morgan fingerprint density at radius 1 is 0.873 bits per heavy atom. The molecular weight excluding hydrogens is 700 g/mol. The van der Waals surface area contributed by atoms with Crippen molar-refractivity contribution in [2.45, 2.75) is 25.4 Å². The number of imide groups is 1. The monoisotopic (exact) mass is 738 g/mol. The number of carbonyl (C=O) groups is 2. The van der Waals surface area contributed by atoms with E-state index in [0.29, 0.717) is 40.8 Å². The zero-order chi connectivity index (χ0) is 37.9. The van der Waals surface area contributed by atoms with Crippen LogP contribution < -0.4 is 26.0 Å². The summed E-state index contributed by atoms with van der Waals surface area (Å²) in [7, 11) is 0. The molecule has 0 bridgehead atoms. The topological polar surface area (TPSA) is 152 Å². The van der Waals surface area contributed by atoms with E-state index in [1.807, 2.05) is 47.6 Å². The van der Waals surface area contributed by atoms with Crippen LogP contribution in [0, 0.1) is 23.1 Å². The standard InChI is InChI=1S/C41H39FN10O3/c42-34-19-32(46-36-8-11-38(53)47-41(36)55)7-10-37(34)51-24-29(25-51)23-49-13-15-50(16-14-49)33-21-44-40(45-22-33)31-6-2-4-28(18-31)26-52-39(54)12-9-35(48-52)30-5-1-3-27(17-30)20-43/h1-7,9-10,12,17-19,21-22,29,36,46H,8,11,13-16,23-26H2,(H,47,53,55). The molecule has 278 valence electrons. The van der Waals surface area contributed by atoms with E-state index in [2.05, 4.69) is 41.6 Å². The molecule has 55 heavy (non-hydrogen) atoms. The number of piperidine rings is 1. The number of piperazine rings is 1. The van der Waals surface area contributed by atoms with Crippen molar-refractivity contribution in [1.82, 2.24) is 30.0 Å². The molecule has 2 amide bonds. The summed E-state index contributed by atoms with van der Waals surface area (Å²) >= 11 is 0. The summed E-state index contributed by atoms with van der Waals surface area (Å²) < 4.78 is 16.5. The molecule has 3 saturated heterocycles. The summed E-state index contributed by atoms with van der Waals surface area (Å²) in [6, 6.07) is 24.6. The van der Waals surface area contributed by atoms with Gasteiger partial charge >= 0.3 is 0 Å². The molecule has 3 fully saturated rings. The highest BCUT2D eigenvalue weighted by molar-refractivity contribution is 6.01. The Morgan fingerprint density at radius 2 is 1.65 bits per heavy atom. The lowest BCUT2D eigenvalue weighted by Crippen LogP contribution is -2.55. The van der Waals surface area contributed by atoms with Gasteiger partial charge in [0.15, 0.2) is 5.82 Å². The van der Waals surface area contributed by atoms with E-state index >= 15 is 4.39 Å². The molecule has 5 heterocycles. The van der Waals surface area contributed by atoms with Crippen molar-refractivity contribution in [2.24, 2.45) is 5.92 Å². The Balaban J connectivity index is 0.814. The number of hydrogen-bond donors (Lipinski definition) is 2. The van der Waals surface area contributed by atoms with Crippen LogP contribution in [0.5, 0.6) is 0 Å². The van der Waals surface area contributed by atoms with Gasteiger partial charge in [0, 0.05) is 81.0 Å². The van der Waals surface area contributed by atoms with Gasteiger partial charge in [-0.1, -0.05) is 30.3 Å². The highest BCUT2D eigenvalue weighted by atomic mass is 19.1. The molecule has 2 aromatic heterocycles. The smallest absolute Gasteiger partial charge is 0.267 e. The number of nitriles is 1. The summed E-state index contributed by atoms with van der Waals surface area (Å²) in [5, 5.41) is 19.2. The van der Waals surface area contributed by atoms with Crippen molar-refractivity contribution in [3.8, 4) is 28.7 Å². The van der Waals surface area contributed by atoms with Crippen molar-refractivity contribution >= 4 is 28.9 Å². The molecule has 0 aliphatic carbocycles. The molecule has 14 heteroatoms. The number of anilines is 3. The summed E-state index contributed by atoms with van der Waals surface area (Å²) in [5.74, 6) is 0.0490. The van der Waals surface area contributed by atoms with Crippen LogP contribution in [0.25, 0.3) is 22.6 Å². The molecule has 0 spiro atoms. The van der Waals surface area contributed by atoms with E-state index in [1.165, 1.54) is 16.8 Å². The summed E-state index contributed by atoms with van der Waals surface area (Å²) in [6.45, 7) is 6.32. The Morgan fingerprint density at radius 3 is 2.42 bits per heavy atom. The maximum absolute atomic E-state index is 15.1. The third-order valence-corrected chi connectivity index (χ3v) is 10.4. The quantitative estimate of drug-likeness (QED) is 0.201. The molecule has 2 N–H and O–H groups in total. The number of benzene rings is 3. The Labute approximate surface area is 317 Å². The normalized spacial score (nSPS) is 17.7. The van der Waals surface area contributed by atoms with Gasteiger partial charge in [-0.25, -0.2) is 19.0 Å². The number of nitrogens with zero attached hydrogens (tertiary/aromatic N) is 8. The van der Waals surface area contributed by atoms with Crippen molar-refractivity contribution in [1.29, 1.82) is 5.26 Å². The second-order valence-electron chi connectivity index (χ2n) is 14.2. The fourth-order valence-electron chi connectivity index (χ4n) is 7.40. The molecule has 8 rings (SSSR count). The Kier molecular flexibility index (Phi) is 10.0. The molecule has 13 nitrogen and oxygen atoms in total. The van der Waals surface area contributed by atoms with Gasteiger partial charge in [-0.15, -0.1) is 0 Å². The zero-order valence-electron chi connectivity index (χ0n) is 30.1. The molecule has 3 aromatic carbocycles. The lowest BCUT2D eigenvalue weighted by molar-refractivity contribution is -0.133. The fraction of sp³-hybridized carbons (Fsp3) is 0.293. The molecule has 1 atom stereocenters. The second kappa shape index (κ2) is 15.5. The van der Waals surface area contributed by atoms with Crippen LogP contribution in [0.3, 0.4) is 0 Å². The molecule has 0 saturated carbocycles. The van der Waals surface area contributed by atoms with E-state index in [0.717, 1.165) is 68.2 Å². The van der Waals surface area contributed by atoms with Crippen LogP contribution in [0.4, 0.5) is 21.5 Å². The van der Waals surface area contributed by atoms with E-state index in [9.17, 15) is 19.6 Å². The van der Waals surface area contributed by atoms with Crippen molar-refractivity contribution in [2.75, 3.05) is 60.9 Å². The largest absolute Gasteiger partial charge is 0.374 e. The van der Waals surface area contributed by atoms with Gasteiger partial charge in [-0.3, -0.25) is 24.6 Å². The number of aromatic nitrogens is 4. The summed E-state index contributed by atoms with van der Waals surface area (Å²) in [4.78, 5) is 52.3. The average molecular weight is 739 g/mol. The van der Waals surface area contributed by atoms with Gasteiger partial charge in [0.2, 0.25) is 11.8 Å². The summed E-state index contributed by atoms with van der Waals surface area (Å²) in [6.07, 6.45) is 4.37. The molecule has 0 radical (unpaired) electrons. The molecular formula is C41H39FN10O3. The van der Waals surface area contributed by atoms with Crippen LogP contribution in [-0.4, -0.2) is 88.3 Å². The number of rotatable bonds is 10. The Hall–Kier alpha value is -6.46. The second-order valence-corrected chi connectivity index (χ2v) is 14.2. The lowest BCUT2D eigenvalue weighted by atomic mass is 9.97. The highest BCUT2D eigenvalue weighted by Gasteiger charge is 2.32. The van der Waals surface area contributed by atoms with Gasteiger partial charge in [0.1, 0.15) is 11.9 Å². The first-order chi connectivity index (χ1) is 26.8. The van der Waals surface area contributed by atoms with Gasteiger partial charge in [0.05, 0.1) is 47.6 Å². The fourth-order valence-corrected chi connectivity index (χ4v) is 7.40. The van der Waals surface area contributed by atoms with Crippen molar-refractivity contribution in [3.05, 3.63) is 119 Å². The molecule has 5 aromatic rings. The lowest BCUT2D eigenvalue weighted by Gasteiger charge is -2.45. The minimum absolute atomic E-state index is 0.221. The highest BCUT2D eigenvalue weighted by Crippen LogP contribution is 2.31. The molecule has 1 unspecified atom stereocenters. The van der Waals surface area contributed by atoms with Crippen molar-refractivity contribution in [3.63, 3.8) is 0 Å². The molecule has 3 aliphatic heterocycles. The first-order valence-corrected chi connectivity index (χ1v) is 18.4. The van der Waals surface area contributed by atoms with Crippen LogP contribution in [-0.2, 0) is 16.1 Å². The number of hydrogen-bond acceptors (Lipinski definition) is 11. The average Bonchev–Trinajstić information content (AvgIpc) is 3.19. The van der Waals surface area contributed by atoms with Gasteiger partial charge in [-0.05, 0) is 54.4 Å². The number of nitrogens with one attached hydrogen (secondary N) is 2. The van der Waals surface area contributed by atoms with E-state index in [4.69, 9.17) is 0 Å². The van der Waals surface area contributed by atoms with Crippen LogP contribution in [0.2, 0.25) is 0 Å². The maximum Gasteiger partial charge on any atom is 0.267 e. The zero-order valence-corrected chi connectivity index (χ0v) is 30.1. The maximum atomic E-state index is 15.1. The number of amides is 2. The van der Waals surface area contributed by atoms with E-state index in [-0.39, 0.29) is 36.2 Å². The third-order valence-electron chi connectivity index (χ3n) is 10.4. The van der Waals surface area contributed by atoms with Gasteiger partial charge in [0.25, 0.3) is 5.56 Å².